The number of benzene rings is 2. The van der Waals surface area contributed by atoms with E-state index in [4.69, 9.17) is 8.83 Å². The molecule has 4 aromatic rings. The fraction of sp³-hybridized carbons (Fsp3) is 0. The van der Waals surface area contributed by atoms with Gasteiger partial charge in [-0.3, -0.25) is 0 Å². The van der Waals surface area contributed by atoms with Gasteiger partial charge >= 0.3 is 0 Å². The standard InChI is InChI=1S/C18H12O2/c1-2-7-13(8-3-1)17-14-9-4-5-10-15(14)18(20-17)16-11-6-12-19-16/h1-12H. The Bertz CT molecular complexity index is 840. The second kappa shape index (κ2) is 4.42. The highest BCUT2D eigenvalue weighted by Gasteiger charge is 2.16. The molecule has 0 bridgehead atoms. The maximum atomic E-state index is 6.10. The molecule has 0 saturated carbocycles. The van der Waals surface area contributed by atoms with Crippen molar-refractivity contribution in [1.82, 2.24) is 0 Å². The van der Waals surface area contributed by atoms with Gasteiger partial charge in [0.15, 0.2) is 11.5 Å². The van der Waals surface area contributed by atoms with Crippen LogP contribution in [0.25, 0.3) is 33.6 Å². The normalized spacial score (nSPS) is 11.0. The molecule has 20 heavy (non-hydrogen) atoms. The van der Waals surface area contributed by atoms with Gasteiger partial charge in [-0.2, -0.15) is 0 Å². The SMILES string of the molecule is c1ccc(-c2oc(-c3ccco3)c3ccccc23)cc1. The summed E-state index contributed by atoms with van der Waals surface area (Å²) in [7, 11) is 0. The van der Waals surface area contributed by atoms with Crippen LogP contribution in [-0.4, -0.2) is 0 Å². The lowest BCUT2D eigenvalue weighted by atomic mass is 10.1. The third kappa shape index (κ3) is 1.66. The summed E-state index contributed by atoms with van der Waals surface area (Å²) in [6, 6.07) is 22.1. The van der Waals surface area contributed by atoms with Gasteiger partial charge in [-0.1, -0.05) is 54.6 Å². The van der Waals surface area contributed by atoms with E-state index in [1.807, 2.05) is 42.5 Å². The highest BCUT2D eigenvalue weighted by atomic mass is 16.4. The summed E-state index contributed by atoms with van der Waals surface area (Å²) in [4.78, 5) is 0. The van der Waals surface area contributed by atoms with E-state index in [2.05, 4.69) is 24.3 Å². The average molecular weight is 260 g/mol. The van der Waals surface area contributed by atoms with E-state index < -0.39 is 0 Å². The van der Waals surface area contributed by atoms with E-state index in [0.717, 1.165) is 33.6 Å². The van der Waals surface area contributed by atoms with Gasteiger partial charge in [0.1, 0.15) is 5.76 Å². The van der Waals surface area contributed by atoms with E-state index in [1.54, 1.807) is 6.26 Å². The number of rotatable bonds is 2. The van der Waals surface area contributed by atoms with Gasteiger partial charge in [0, 0.05) is 16.3 Å². The smallest absolute Gasteiger partial charge is 0.177 e. The molecular formula is C18H12O2. The molecule has 0 aliphatic heterocycles. The molecule has 4 rings (SSSR count). The fourth-order valence-electron chi connectivity index (χ4n) is 2.49. The Morgan fingerprint density at radius 1 is 0.600 bits per heavy atom. The zero-order valence-corrected chi connectivity index (χ0v) is 10.7. The van der Waals surface area contributed by atoms with Crippen molar-refractivity contribution in [3.63, 3.8) is 0 Å². The van der Waals surface area contributed by atoms with E-state index in [-0.39, 0.29) is 0 Å². The first-order valence-electron chi connectivity index (χ1n) is 6.54. The molecule has 2 heteroatoms. The quantitative estimate of drug-likeness (QED) is 0.485. The first-order valence-corrected chi connectivity index (χ1v) is 6.54. The molecule has 0 N–H and O–H groups in total. The van der Waals surface area contributed by atoms with Crippen LogP contribution in [0.5, 0.6) is 0 Å². The van der Waals surface area contributed by atoms with E-state index in [1.165, 1.54) is 0 Å². The summed E-state index contributed by atoms with van der Waals surface area (Å²) in [5, 5.41) is 2.17. The van der Waals surface area contributed by atoms with Crippen LogP contribution in [0.2, 0.25) is 0 Å². The molecule has 0 amide bonds. The molecule has 0 spiro atoms. The maximum absolute atomic E-state index is 6.10. The predicted octanol–water partition coefficient (Wildman–Crippen LogP) is 5.36. The highest BCUT2D eigenvalue weighted by Crippen LogP contribution is 2.38. The van der Waals surface area contributed by atoms with Gasteiger partial charge in [0.2, 0.25) is 0 Å². The summed E-state index contributed by atoms with van der Waals surface area (Å²) in [5.74, 6) is 2.42. The molecule has 2 aromatic carbocycles. The molecule has 0 fully saturated rings. The molecule has 0 aliphatic carbocycles. The lowest BCUT2D eigenvalue weighted by Crippen LogP contribution is -1.73. The minimum atomic E-state index is 0.753. The van der Waals surface area contributed by atoms with E-state index in [0.29, 0.717) is 0 Å². The number of hydrogen-bond donors (Lipinski definition) is 0. The predicted molar refractivity (Wildman–Crippen MR) is 79.4 cm³/mol. The van der Waals surface area contributed by atoms with E-state index >= 15 is 0 Å². The van der Waals surface area contributed by atoms with Crippen molar-refractivity contribution in [2.45, 2.75) is 0 Å². The Morgan fingerprint density at radius 2 is 1.30 bits per heavy atom. The first kappa shape index (κ1) is 11.1. The molecule has 96 valence electrons. The molecule has 2 nitrogen and oxygen atoms in total. The largest absolute Gasteiger partial charge is 0.461 e. The van der Waals surface area contributed by atoms with Crippen LogP contribution < -0.4 is 0 Å². The Hall–Kier alpha value is -2.74. The van der Waals surface area contributed by atoms with Crippen molar-refractivity contribution in [2.24, 2.45) is 0 Å². The van der Waals surface area contributed by atoms with Crippen LogP contribution in [0.15, 0.2) is 81.8 Å². The summed E-state index contributed by atoms with van der Waals surface area (Å²) in [5.41, 5.74) is 1.07. The molecule has 2 aromatic heterocycles. The minimum absolute atomic E-state index is 0.753. The molecule has 0 radical (unpaired) electrons. The van der Waals surface area contributed by atoms with Gasteiger partial charge < -0.3 is 8.83 Å². The molecule has 0 atom stereocenters. The van der Waals surface area contributed by atoms with Crippen molar-refractivity contribution >= 4 is 10.8 Å². The number of fused-ring (bicyclic) bond motifs is 1. The monoisotopic (exact) mass is 260 g/mol. The third-order valence-electron chi connectivity index (χ3n) is 3.40. The lowest BCUT2D eigenvalue weighted by Gasteiger charge is -1.96. The van der Waals surface area contributed by atoms with Gasteiger partial charge in [-0.25, -0.2) is 0 Å². The fourth-order valence-corrected chi connectivity index (χ4v) is 2.49. The Morgan fingerprint density at radius 3 is 2.00 bits per heavy atom. The Labute approximate surface area is 116 Å². The average Bonchev–Trinajstić information content (AvgIpc) is 3.15. The number of furan rings is 2. The van der Waals surface area contributed by atoms with Crippen molar-refractivity contribution in [2.75, 3.05) is 0 Å². The second-order valence-electron chi connectivity index (χ2n) is 4.65. The van der Waals surface area contributed by atoms with Gasteiger partial charge in [0.05, 0.1) is 6.26 Å². The molecule has 0 aliphatic rings. The van der Waals surface area contributed by atoms with Crippen molar-refractivity contribution in [3.8, 4) is 22.8 Å². The van der Waals surface area contributed by atoms with Crippen LogP contribution in [0, 0.1) is 0 Å². The van der Waals surface area contributed by atoms with E-state index in [9.17, 15) is 0 Å². The minimum Gasteiger partial charge on any atom is -0.461 e. The lowest BCUT2D eigenvalue weighted by molar-refractivity contribution is 0.534. The molecule has 0 unspecified atom stereocenters. The summed E-state index contributed by atoms with van der Waals surface area (Å²) >= 11 is 0. The second-order valence-corrected chi connectivity index (χ2v) is 4.65. The molecular weight excluding hydrogens is 248 g/mol. The zero-order valence-electron chi connectivity index (χ0n) is 10.7. The number of hydrogen-bond acceptors (Lipinski definition) is 2. The Kier molecular flexibility index (Phi) is 2.46. The van der Waals surface area contributed by atoms with Gasteiger partial charge in [-0.05, 0) is 12.1 Å². The maximum Gasteiger partial charge on any atom is 0.177 e. The summed E-state index contributed by atoms with van der Waals surface area (Å²) < 4.78 is 11.6. The third-order valence-corrected chi connectivity index (χ3v) is 3.40. The van der Waals surface area contributed by atoms with Crippen molar-refractivity contribution in [1.29, 1.82) is 0 Å². The topological polar surface area (TPSA) is 26.3 Å². The Balaban J connectivity index is 2.04. The van der Waals surface area contributed by atoms with Crippen LogP contribution >= 0.6 is 0 Å². The molecule has 0 saturated heterocycles. The first-order chi connectivity index (χ1) is 9.93. The summed E-state index contributed by atoms with van der Waals surface area (Å²) in [6.45, 7) is 0. The van der Waals surface area contributed by atoms with Crippen LogP contribution in [0.4, 0.5) is 0 Å². The van der Waals surface area contributed by atoms with Gasteiger partial charge in [-0.15, -0.1) is 0 Å². The highest BCUT2D eigenvalue weighted by molar-refractivity contribution is 6.01. The van der Waals surface area contributed by atoms with Crippen LogP contribution in [0.3, 0.4) is 0 Å². The zero-order chi connectivity index (χ0) is 13.4. The summed E-state index contributed by atoms with van der Waals surface area (Å²) in [6.07, 6.45) is 1.66. The van der Waals surface area contributed by atoms with Crippen molar-refractivity contribution in [3.05, 3.63) is 73.0 Å². The van der Waals surface area contributed by atoms with Crippen LogP contribution in [0.1, 0.15) is 0 Å². The van der Waals surface area contributed by atoms with Gasteiger partial charge in [0.25, 0.3) is 0 Å². The van der Waals surface area contributed by atoms with Crippen molar-refractivity contribution < 1.29 is 8.83 Å². The molecule has 2 heterocycles. The van der Waals surface area contributed by atoms with Crippen LogP contribution in [-0.2, 0) is 0 Å².